The summed E-state index contributed by atoms with van der Waals surface area (Å²) < 4.78 is 1.50. The SMILES string of the molecule is CCC(C)c1ccc(-c2cc3ncc(C(=O)O)cn3n2)cc1. The van der Waals surface area contributed by atoms with Crippen molar-refractivity contribution in [3.63, 3.8) is 0 Å². The molecule has 0 aliphatic rings. The van der Waals surface area contributed by atoms with Crippen molar-refractivity contribution in [3.05, 3.63) is 53.9 Å². The summed E-state index contributed by atoms with van der Waals surface area (Å²) in [5.41, 5.74) is 3.83. The Kier molecular flexibility index (Phi) is 3.63. The van der Waals surface area contributed by atoms with Gasteiger partial charge in [-0.05, 0) is 17.9 Å². The molecule has 3 rings (SSSR count). The van der Waals surface area contributed by atoms with Crippen LogP contribution in [-0.4, -0.2) is 25.7 Å². The highest BCUT2D eigenvalue weighted by Gasteiger charge is 2.10. The summed E-state index contributed by atoms with van der Waals surface area (Å²) in [6.07, 6.45) is 3.92. The van der Waals surface area contributed by atoms with Crippen LogP contribution in [0.5, 0.6) is 0 Å². The lowest BCUT2D eigenvalue weighted by Gasteiger charge is -2.08. The summed E-state index contributed by atoms with van der Waals surface area (Å²) in [7, 11) is 0. The van der Waals surface area contributed by atoms with Gasteiger partial charge in [-0.15, -0.1) is 0 Å². The van der Waals surface area contributed by atoms with E-state index in [1.165, 1.54) is 22.5 Å². The predicted octanol–water partition coefficient (Wildman–Crippen LogP) is 3.61. The second kappa shape index (κ2) is 5.60. The molecule has 3 aromatic rings. The van der Waals surface area contributed by atoms with Crippen LogP contribution in [-0.2, 0) is 0 Å². The Balaban J connectivity index is 1.97. The molecule has 0 spiro atoms. The summed E-state index contributed by atoms with van der Waals surface area (Å²) >= 11 is 0. The molecular formula is C17H17N3O2. The first-order valence-electron chi connectivity index (χ1n) is 7.27. The molecule has 1 N–H and O–H groups in total. The lowest BCUT2D eigenvalue weighted by molar-refractivity contribution is 0.0695. The zero-order chi connectivity index (χ0) is 15.7. The Labute approximate surface area is 128 Å². The van der Waals surface area contributed by atoms with Crippen LogP contribution < -0.4 is 0 Å². The summed E-state index contributed by atoms with van der Waals surface area (Å²) in [5, 5.41) is 13.4. The van der Waals surface area contributed by atoms with Gasteiger partial charge in [0, 0.05) is 24.0 Å². The van der Waals surface area contributed by atoms with E-state index in [2.05, 4.69) is 36.1 Å². The smallest absolute Gasteiger partial charge is 0.338 e. The number of hydrogen-bond donors (Lipinski definition) is 1. The van der Waals surface area contributed by atoms with E-state index >= 15 is 0 Å². The Hall–Kier alpha value is -2.69. The number of hydrogen-bond acceptors (Lipinski definition) is 3. The predicted molar refractivity (Wildman–Crippen MR) is 84.1 cm³/mol. The monoisotopic (exact) mass is 295 g/mol. The van der Waals surface area contributed by atoms with Crippen molar-refractivity contribution >= 4 is 11.6 Å². The molecule has 0 aliphatic carbocycles. The van der Waals surface area contributed by atoms with Gasteiger partial charge in [-0.3, -0.25) is 0 Å². The fourth-order valence-electron chi connectivity index (χ4n) is 2.35. The van der Waals surface area contributed by atoms with Gasteiger partial charge >= 0.3 is 5.97 Å². The molecular weight excluding hydrogens is 278 g/mol. The molecule has 0 amide bonds. The van der Waals surface area contributed by atoms with Crippen LogP contribution in [0.25, 0.3) is 16.9 Å². The molecule has 0 bridgehead atoms. The van der Waals surface area contributed by atoms with Crippen LogP contribution in [0.2, 0.25) is 0 Å². The third-order valence-corrected chi connectivity index (χ3v) is 3.95. The highest BCUT2D eigenvalue weighted by atomic mass is 16.4. The summed E-state index contributed by atoms with van der Waals surface area (Å²) in [5.74, 6) is -0.473. The molecule has 1 aromatic carbocycles. The van der Waals surface area contributed by atoms with Gasteiger partial charge < -0.3 is 5.11 Å². The van der Waals surface area contributed by atoms with E-state index in [4.69, 9.17) is 5.11 Å². The van der Waals surface area contributed by atoms with Gasteiger partial charge in [0.05, 0.1) is 11.3 Å². The molecule has 22 heavy (non-hydrogen) atoms. The summed E-state index contributed by atoms with van der Waals surface area (Å²) in [6, 6.07) is 10.2. The number of benzene rings is 1. The fraction of sp³-hybridized carbons (Fsp3) is 0.235. The van der Waals surface area contributed by atoms with E-state index in [-0.39, 0.29) is 5.56 Å². The number of rotatable bonds is 4. The van der Waals surface area contributed by atoms with Crippen LogP contribution in [0.15, 0.2) is 42.7 Å². The number of carboxylic acids is 1. The van der Waals surface area contributed by atoms with Crippen molar-refractivity contribution in [2.24, 2.45) is 0 Å². The molecule has 0 saturated carbocycles. The third kappa shape index (κ3) is 2.57. The number of carboxylic acid groups (broad SMARTS) is 1. The molecule has 0 fully saturated rings. The number of aromatic carboxylic acids is 1. The van der Waals surface area contributed by atoms with Crippen molar-refractivity contribution in [2.45, 2.75) is 26.2 Å². The van der Waals surface area contributed by atoms with Gasteiger partial charge in [0.15, 0.2) is 5.65 Å². The minimum absolute atomic E-state index is 0.120. The molecule has 0 aliphatic heterocycles. The zero-order valence-electron chi connectivity index (χ0n) is 12.5. The average molecular weight is 295 g/mol. The van der Waals surface area contributed by atoms with Crippen LogP contribution in [0, 0.1) is 0 Å². The quantitative estimate of drug-likeness (QED) is 0.798. The lowest BCUT2D eigenvalue weighted by atomic mass is 9.97. The molecule has 2 heterocycles. The average Bonchev–Trinajstić information content (AvgIpc) is 2.97. The van der Waals surface area contributed by atoms with Crippen LogP contribution in [0.3, 0.4) is 0 Å². The Bertz CT molecular complexity index is 822. The highest BCUT2D eigenvalue weighted by Crippen LogP contribution is 2.24. The molecule has 5 heteroatoms. The van der Waals surface area contributed by atoms with Crippen molar-refractivity contribution in [1.82, 2.24) is 14.6 Å². The second-order valence-electron chi connectivity index (χ2n) is 5.41. The van der Waals surface area contributed by atoms with Crippen molar-refractivity contribution in [2.75, 3.05) is 0 Å². The first-order chi connectivity index (χ1) is 10.6. The van der Waals surface area contributed by atoms with E-state index in [0.717, 1.165) is 17.7 Å². The maximum atomic E-state index is 11.0. The van der Waals surface area contributed by atoms with Crippen molar-refractivity contribution in [1.29, 1.82) is 0 Å². The van der Waals surface area contributed by atoms with Gasteiger partial charge in [-0.25, -0.2) is 14.3 Å². The minimum Gasteiger partial charge on any atom is -0.478 e. The molecule has 0 radical (unpaired) electrons. The lowest BCUT2D eigenvalue weighted by Crippen LogP contribution is -2.01. The standard InChI is InChI=1S/C17H17N3O2/c1-3-11(2)12-4-6-13(7-5-12)15-8-16-18-9-14(17(21)22)10-20(16)19-15/h4-11H,3H2,1-2H3,(H,21,22). The minimum atomic E-state index is -1.01. The first kappa shape index (κ1) is 14.3. The Morgan fingerprint density at radius 2 is 2.05 bits per heavy atom. The molecule has 5 nitrogen and oxygen atoms in total. The Morgan fingerprint density at radius 3 is 2.68 bits per heavy atom. The van der Waals surface area contributed by atoms with Gasteiger partial charge in [0.2, 0.25) is 0 Å². The third-order valence-electron chi connectivity index (χ3n) is 3.95. The Morgan fingerprint density at radius 1 is 1.32 bits per heavy atom. The van der Waals surface area contributed by atoms with E-state index in [1.54, 1.807) is 0 Å². The van der Waals surface area contributed by atoms with E-state index in [9.17, 15) is 4.79 Å². The van der Waals surface area contributed by atoms with Gasteiger partial charge in [-0.2, -0.15) is 5.10 Å². The first-order valence-corrected chi connectivity index (χ1v) is 7.27. The van der Waals surface area contributed by atoms with Gasteiger partial charge in [-0.1, -0.05) is 38.1 Å². The maximum Gasteiger partial charge on any atom is 0.338 e. The van der Waals surface area contributed by atoms with E-state index in [1.807, 2.05) is 18.2 Å². The molecule has 1 unspecified atom stereocenters. The van der Waals surface area contributed by atoms with Crippen molar-refractivity contribution in [3.8, 4) is 11.3 Å². The second-order valence-corrected chi connectivity index (χ2v) is 5.41. The molecule has 2 aromatic heterocycles. The number of fused-ring (bicyclic) bond motifs is 1. The molecule has 0 saturated heterocycles. The molecule has 1 atom stereocenters. The largest absolute Gasteiger partial charge is 0.478 e. The summed E-state index contributed by atoms with van der Waals surface area (Å²) in [4.78, 5) is 15.1. The maximum absolute atomic E-state index is 11.0. The van der Waals surface area contributed by atoms with Gasteiger partial charge in [0.25, 0.3) is 0 Å². The number of carbonyl (C=O) groups is 1. The fourth-order valence-corrected chi connectivity index (χ4v) is 2.35. The summed E-state index contributed by atoms with van der Waals surface area (Å²) in [6.45, 7) is 4.38. The highest BCUT2D eigenvalue weighted by molar-refractivity contribution is 5.87. The number of nitrogens with zero attached hydrogens (tertiary/aromatic N) is 3. The van der Waals surface area contributed by atoms with Crippen LogP contribution in [0.4, 0.5) is 0 Å². The number of aromatic nitrogens is 3. The van der Waals surface area contributed by atoms with Gasteiger partial charge in [0.1, 0.15) is 0 Å². The van der Waals surface area contributed by atoms with E-state index < -0.39 is 5.97 Å². The van der Waals surface area contributed by atoms with E-state index in [0.29, 0.717) is 11.6 Å². The van der Waals surface area contributed by atoms with Crippen molar-refractivity contribution < 1.29 is 9.90 Å². The normalized spacial score (nSPS) is 12.5. The van der Waals surface area contributed by atoms with Crippen LogP contribution in [0.1, 0.15) is 42.1 Å². The molecule has 112 valence electrons. The topological polar surface area (TPSA) is 67.5 Å². The zero-order valence-corrected chi connectivity index (χ0v) is 12.5. The van der Waals surface area contributed by atoms with Crippen LogP contribution >= 0.6 is 0 Å².